The second kappa shape index (κ2) is 8.22. The van der Waals surface area contributed by atoms with Gasteiger partial charge in [0, 0.05) is 26.2 Å². The molecule has 116 valence electrons. The third-order valence-corrected chi connectivity index (χ3v) is 3.92. The number of nitrogens with one attached hydrogen (secondary N) is 1. The van der Waals surface area contributed by atoms with Crippen molar-refractivity contribution in [2.45, 2.75) is 5.38 Å². The van der Waals surface area contributed by atoms with Crippen LogP contribution in [0, 0.1) is 0 Å². The van der Waals surface area contributed by atoms with Crippen LogP contribution in [0.15, 0.2) is 24.3 Å². The summed E-state index contributed by atoms with van der Waals surface area (Å²) in [6.45, 7) is 4.77. The molecule has 21 heavy (non-hydrogen) atoms. The van der Waals surface area contributed by atoms with Gasteiger partial charge >= 0.3 is 0 Å². The van der Waals surface area contributed by atoms with E-state index in [1.165, 1.54) is 0 Å². The van der Waals surface area contributed by atoms with Gasteiger partial charge in [-0.1, -0.05) is 12.1 Å². The highest BCUT2D eigenvalue weighted by Gasteiger charge is 2.18. The molecule has 1 unspecified atom stereocenters. The molecule has 1 aromatic carbocycles. The molecule has 1 atom stereocenters. The maximum absolute atomic E-state index is 12.0. The normalized spacial score (nSPS) is 17.2. The number of carbonyl (C=O) groups is 1. The van der Waals surface area contributed by atoms with Crippen LogP contribution in [-0.4, -0.2) is 57.3 Å². The number of morpholine rings is 1. The van der Waals surface area contributed by atoms with Gasteiger partial charge in [-0.25, -0.2) is 0 Å². The van der Waals surface area contributed by atoms with Crippen molar-refractivity contribution in [1.29, 1.82) is 0 Å². The molecular weight excluding hydrogens is 292 g/mol. The molecule has 1 fully saturated rings. The van der Waals surface area contributed by atoms with Gasteiger partial charge in [-0.2, -0.15) is 0 Å². The van der Waals surface area contributed by atoms with Crippen LogP contribution in [-0.2, 0) is 9.53 Å². The SMILES string of the molecule is COc1ccc(C(Cl)C(=O)NCCN2CCOCC2)cc1. The summed E-state index contributed by atoms with van der Waals surface area (Å²) in [5.41, 5.74) is 0.765. The minimum Gasteiger partial charge on any atom is -0.497 e. The molecule has 0 aliphatic carbocycles. The predicted molar refractivity (Wildman–Crippen MR) is 81.9 cm³/mol. The summed E-state index contributed by atoms with van der Waals surface area (Å²) in [6, 6.07) is 7.20. The van der Waals surface area contributed by atoms with E-state index in [1.807, 2.05) is 0 Å². The minimum absolute atomic E-state index is 0.171. The van der Waals surface area contributed by atoms with Crippen molar-refractivity contribution in [2.24, 2.45) is 0 Å². The van der Waals surface area contributed by atoms with Crippen molar-refractivity contribution in [3.63, 3.8) is 0 Å². The smallest absolute Gasteiger partial charge is 0.242 e. The molecule has 6 heteroatoms. The van der Waals surface area contributed by atoms with Gasteiger partial charge in [0.15, 0.2) is 0 Å². The van der Waals surface area contributed by atoms with Gasteiger partial charge in [-0.15, -0.1) is 11.6 Å². The average Bonchev–Trinajstić information content (AvgIpc) is 2.55. The van der Waals surface area contributed by atoms with Crippen LogP contribution < -0.4 is 10.1 Å². The number of hydrogen-bond donors (Lipinski definition) is 1. The average molecular weight is 313 g/mol. The summed E-state index contributed by atoms with van der Waals surface area (Å²) >= 11 is 6.19. The lowest BCUT2D eigenvalue weighted by atomic mass is 10.1. The number of nitrogens with zero attached hydrogens (tertiary/aromatic N) is 1. The van der Waals surface area contributed by atoms with E-state index in [2.05, 4.69) is 10.2 Å². The highest BCUT2D eigenvalue weighted by Crippen LogP contribution is 2.22. The predicted octanol–water partition coefficient (Wildman–Crippen LogP) is 1.42. The number of hydrogen-bond acceptors (Lipinski definition) is 4. The molecule has 0 aromatic heterocycles. The first-order valence-electron chi connectivity index (χ1n) is 7.06. The molecule has 1 amide bonds. The molecule has 0 radical (unpaired) electrons. The largest absolute Gasteiger partial charge is 0.497 e. The van der Waals surface area contributed by atoms with Crippen molar-refractivity contribution >= 4 is 17.5 Å². The first kappa shape index (κ1) is 16.1. The quantitative estimate of drug-likeness (QED) is 0.807. The molecule has 0 saturated carbocycles. The Balaban J connectivity index is 1.76. The number of rotatable bonds is 6. The third kappa shape index (κ3) is 4.88. The van der Waals surface area contributed by atoms with E-state index in [1.54, 1.807) is 31.4 Å². The van der Waals surface area contributed by atoms with Gasteiger partial charge < -0.3 is 14.8 Å². The van der Waals surface area contributed by atoms with Crippen molar-refractivity contribution in [2.75, 3.05) is 46.5 Å². The van der Waals surface area contributed by atoms with Crippen molar-refractivity contribution in [3.8, 4) is 5.75 Å². The lowest BCUT2D eigenvalue weighted by Gasteiger charge is -2.26. The monoisotopic (exact) mass is 312 g/mol. The van der Waals surface area contributed by atoms with E-state index in [0.717, 1.165) is 44.2 Å². The zero-order chi connectivity index (χ0) is 15.1. The molecule has 1 heterocycles. The summed E-state index contributed by atoms with van der Waals surface area (Å²) in [7, 11) is 1.60. The van der Waals surface area contributed by atoms with E-state index < -0.39 is 5.38 Å². The molecule has 1 aromatic rings. The maximum atomic E-state index is 12.0. The van der Waals surface area contributed by atoms with Crippen molar-refractivity contribution in [1.82, 2.24) is 10.2 Å². The van der Waals surface area contributed by atoms with E-state index in [-0.39, 0.29) is 5.91 Å². The Kier molecular flexibility index (Phi) is 6.29. The molecular formula is C15H21ClN2O3. The van der Waals surface area contributed by atoms with Crippen LogP contribution in [0.3, 0.4) is 0 Å². The number of carbonyl (C=O) groups excluding carboxylic acids is 1. The fourth-order valence-electron chi connectivity index (χ4n) is 2.18. The Hall–Kier alpha value is -1.30. The number of amides is 1. The highest BCUT2D eigenvalue weighted by molar-refractivity contribution is 6.30. The Bertz CT molecular complexity index is 447. The zero-order valence-corrected chi connectivity index (χ0v) is 12.9. The standard InChI is InChI=1S/C15H21ClN2O3/c1-20-13-4-2-12(3-5-13)14(16)15(19)17-6-7-18-8-10-21-11-9-18/h2-5,14H,6-11H2,1H3,(H,17,19). The van der Waals surface area contributed by atoms with Crippen molar-refractivity contribution < 1.29 is 14.3 Å². The van der Waals surface area contributed by atoms with E-state index in [0.29, 0.717) is 6.54 Å². The van der Waals surface area contributed by atoms with Crippen LogP contribution >= 0.6 is 11.6 Å². The summed E-state index contributed by atoms with van der Waals surface area (Å²) < 4.78 is 10.4. The van der Waals surface area contributed by atoms with Gasteiger partial charge in [0.05, 0.1) is 20.3 Å². The number of benzene rings is 1. The third-order valence-electron chi connectivity index (χ3n) is 3.47. The highest BCUT2D eigenvalue weighted by atomic mass is 35.5. The molecule has 5 nitrogen and oxygen atoms in total. The summed E-state index contributed by atoms with van der Waals surface area (Å²) in [4.78, 5) is 14.3. The fourth-order valence-corrected chi connectivity index (χ4v) is 2.40. The first-order chi connectivity index (χ1) is 10.2. The van der Waals surface area contributed by atoms with Gasteiger partial charge in [-0.3, -0.25) is 9.69 Å². The van der Waals surface area contributed by atoms with Crippen molar-refractivity contribution in [3.05, 3.63) is 29.8 Å². The molecule has 2 rings (SSSR count). The minimum atomic E-state index is -0.680. The number of alkyl halides is 1. The summed E-state index contributed by atoms with van der Waals surface area (Å²) in [6.07, 6.45) is 0. The summed E-state index contributed by atoms with van der Waals surface area (Å²) in [5, 5.41) is 2.19. The summed E-state index contributed by atoms with van der Waals surface area (Å²) in [5.74, 6) is 0.574. The Morgan fingerprint density at radius 1 is 1.38 bits per heavy atom. The Labute approximate surface area is 130 Å². The topological polar surface area (TPSA) is 50.8 Å². The molecule has 0 bridgehead atoms. The fraction of sp³-hybridized carbons (Fsp3) is 0.533. The van der Waals surface area contributed by atoms with Crippen LogP contribution in [0.5, 0.6) is 5.75 Å². The van der Waals surface area contributed by atoms with E-state index in [4.69, 9.17) is 21.1 Å². The van der Waals surface area contributed by atoms with Crippen LogP contribution in [0.4, 0.5) is 0 Å². The number of halogens is 1. The first-order valence-corrected chi connectivity index (χ1v) is 7.50. The second-order valence-electron chi connectivity index (χ2n) is 4.88. The molecule has 1 N–H and O–H groups in total. The lowest BCUT2D eigenvalue weighted by Crippen LogP contribution is -2.41. The zero-order valence-electron chi connectivity index (χ0n) is 12.2. The van der Waals surface area contributed by atoms with Crippen LogP contribution in [0.2, 0.25) is 0 Å². The van der Waals surface area contributed by atoms with Crippen LogP contribution in [0.1, 0.15) is 10.9 Å². The van der Waals surface area contributed by atoms with Gasteiger partial charge in [0.2, 0.25) is 5.91 Å². The Morgan fingerprint density at radius 3 is 2.67 bits per heavy atom. The van der Waals surface area contributed by atoms with Gasteiger partial charge in [0.25, 0.3) is 0 Å². The molecule has 0 spiro atoms. The molecule has 1 saturated heterocycles. The lowest BCUT2D eigenvalue weighted by molar-refractivity contribution is -0.120. The molecule has 1 aliphatic rings. The number of ether oxygens (including phenoxy) is 2. The number of methoxy groups -OCH3 is 1. The van der Waals surface area contributed by atoms with E-state index in [9.17, 15) is 4.79 Å². The van der Waals surface area contributed by atoms with Gasteiger partial charge in [-0.05, 0) is 17.7 Å². The Morgan fingerprint density at radius 2 is 2.05 bits per heavy atom. The maximum Gasteiger partial charge on any atom is 0.242 e. The van der Waals surface area contributed by atoms with Crippen LogP contribution in [0.25, 0.3) is 0 Å². The van der Waals surface area contributed by atoms with Gasteiger partial charge in [0.1, 0.15) is 11.1 Å². The van der Waals surface area contributed by atoms with E-state index >= 15 is 0 Å². The molecule has 1 aliphatic heterocycles. The second-order valence-corrected chi connectivity index (χ2v) is 5.32.